The van der Waals surface area contributed by atoms with Crippen LogP contribution in [-0.4, -0.2) is 17.6 Å². The lowest BCUT2D eigenvalue weighted by atomic mass is 9.89. The number of thiocarbonyl (C=S) groups is 1. The number of nitrogens with zero attached hydrogens (tertiary/aromatic N) is 1. The number of nitriles is 1. The molecule has 1 aliphatic carbocycles. The molecule has 0 spiro atoms. The summed E-state index contributed by atoms with van der Waals surface area (Å²) in [5.74, 6) is 0.965. The summed E-state index contributed by atoms with van der Waals surface area (Å²) in [4.78, 5) is 13.4. The number of nitrogens with one attached hydrogen (secondary N) is 2. The summed E-state index contributed by atoms with van der Waals surface area (Å²) in [6, 6.07) is 8.14. The van der Waals surface area contributed by atoms with Gasteiger partial charge in [-0.3, -0.25) is 10.1 Å². The minimum atomic E-state index is -0.341. The van der Waals surface area contributed by atoms with Crippen LogP contribution in [0.3, 0.4) is 0 Å². The standard InChI is InChI=1S/C21H23N3O2S2/c1-12-4-6-14(3)17(8-12)26-11-19(25)23-21(27)24-20-16(10-22)15-7-5-13(2)9-18(15)28-20/h4,6,8,13H,5,7,9,11H2,1-3H3,(H2,23,24,25,27). The lowest BCUT2D eigenvalue weighted by Gasteiger charge is -2.17. The average Bonchev–Trinajstić information content (AvgIpc) is 2.98. The Morgan fingerprint density at radius 3 is 2.96 bits per heavy atom. The van der Waals surface area contributed by atoms with E-state index in [0.29, 0.717) is 22.2 Å². The zero-order chi connectivity index (χ0) is 20.3. The number of carbonyl (C=O) groups excluding carboxylic acids is 1. The molecule has 1 unspecified atom stereocenters. The second-order valence-electron chi connectivity index (χ2n) is 7.23. The van der Waals surface area contributed by atoms with E-state index in [9.17, 15) is 10.1 Å². The molecule has 1 atom stereocenters. The fourth-order valence-electron chi connectivity index (χ4n) is 3.26. The number of anilines is 1. The third kappa shape index (κ3) is 4.70. The van der Waals surface area contributed by atoms with Gasteiger partial charge >= 0.3 is 0 Å². The molecule has 7 heteroatoms. The van der Waals surface area contributed by atoms with E-state index in [1.807, 2.05) is 32.0 Å². The number of carbonyl (C=O) groups is 1. The van der Waals surface area contributed by atoms with Crippen molar-refractivity contribution in [3.63, 3.8) is 0 Å². The van der Waals surface area contributed by atoms with Gasteiger partial charge in [-0.15, -0.1) is 11.3 Å². The van der Waals surface area contributed by atoms with Gasteiger partial charge in [0.1, 0.15) is 16.8 Å². The number of thiophene rings is 1. The van der Waals surface area contributed by atoms with E-state index in [4.69, 9.17) is 17.0 Å². The van der Waals surface area contributed by atoms with Crippen molar-refractivity contribution in [1.29, 1.82) is 5.26 Å². The third-order valence-corrected chi connectivity index (χ3v) is 6.18. The lowest BCUT2D eigenvalue weighted by Crippen LogP contribution is -2.37. The van der Waals surface area contributed by atoms with Crippen molar-refractivity contribution in [2.24, 2.45) is 5.92 Å². The maximum atomic E-state index is 12.2. The largest absolute Gasteiger partial charge is 0.483 e. The highest BCUT2D eigenvalue weighted by atomic mass is 32.1. The van der Waals surface area contributed by atoms with Crippen molar-refractivity contribution in [3.8, 4) is 11.8 Å². The maximum absolute atomic E-state index is 12.2. The van der Waals surface area contributed by atoms with Crippen molar-refractivity contribution >= 4 is 39.6 Å². The van der Waals surface area contributed by atoms with Crippen molar-refractivity contribution < 1.29 is 9.53 Å². The quantitative estimate of drug-likeness (QED) is 0.733. The Hall–Kier alpha value is -2.43. The zero-order valence-corrected chi connectivity index (χ0v) is 17.9. The first-order valence-corrected chi connectivity index (χ1v) is 10.5. The molecule has 1 aromatic heterocycles. The van der Waals surface area contributed by atoms with E-state index in [1.165, 1.54) is 4.88 Å². The molecule has 0 saturated heterocycles. The van der Waals surface area contributed by atoms with Crippen LogP contribution in [0.15, 0.2) is 18.2 Å². The summed E-state index contributed by atoms with van der Waals surface area (Å²) in [6.45, 7) is 6.00. The Morgan fingerprint density at radius 2 is 2.21 bits per heavy atom. The topological polar surface area (TPSA) is 74.2 Å². The molecule has 5 nitrogen and oxygen atoms in total. The van der Waals surface area contributed by atoms with Gasteiger partial charge in [-0.2, -0.15) is 5.26 Å². The second-order valence-corrected chi connectivity index (χ2v) is 8.74. The molecule has 2 aromatic rings. The average molecular weight is 414 g/mol. The summed E-state index contributed by atoms with van der Waals surface area (Å²) in [6.07, 6.45) is 2.99. The van der Waals surface area contributed by atoms with Crippen LogP contribution in [0, 0.1) is 31.1 Å². The Morgan fingerprint density at radius 1 is 1.43 bits per heavy atom. The lowest BCUT2D eigenvalue weighted by molar-refractivity contribution is -0.121. The van der Waals surface area contributed by atoms with Crippen LogP contribution >= 0.6 is 23.6 Å². The first-order valence-electron chi connectivity index (χ1n) is 9.23. The number of benzene rings is 1. The van der Waals surface area contributed by atoms with E-state index in [2.05, 4.69) is 23.6 Å². The molecular formula is C21H23N3O2S2. The molecule has 0 radical (unpaired) electrons. The SMILES string of the molecule is Cc1ccc(C)c(OCC(=O)NC(=S)Nc2sc3c(c2C#N)CCC(C)C3)c1. The molecule has 146 valence electrons. The van der Waals surface area contributed by atoms with E-state index in [-0.39, 0.29) is 17.6 Å². The highest BCUT2D eigenvalue weighted by Crippen LogP contribution is 2.39. The van der Waals surface area contributed by atoms with Crippen LogP contribution in [0.2, 0.25) is 0 Å². The first kappa shape index (κ1) is 20.3. The van der Waals surface area contributed by atoms with Gasteiger partial charge in [-0.05, 0) is 74.0 Å². The Bertz CT molecular complexity index is 959. The molecule has 1 amide bonds. The maximum Gasteiger partial charge on any atom is 0.264 e. The van der Waals surface area contributed by atoms with E-state index in [1.54, 1.807) is 11.3 Å². The molecule has 28 heavy (non-hydrogen) atoms. The van der Waals surface area contributed by atoms with E-state index < -0.39 is 0 Å². The number of hydrogen-bond donors (Lipinski definition) is 2. The molecule has 0 saturated carbocycles. The molecule has 0 bridgehead atoms. The molecule has 0 fully saturated rings. The van der Waals surface area contributed by atoms with Crippen LogP contribution < -0.4 is 15.4 Å². The third-order valence-electron chi connectivity index (χ3n) is 4.81. The second kappa shape index (κ2) is 8.72. The van der Waals surface area contributed by atoms with Crippen LogP contribution in [0.4, 0.5) is 5.00 Å². The molecule has 1 aromatic carbocycles. The minimum absolute atomic E-state index is 0.129. The summed E-state index contributed by atoms with van der Waals surface area (Å²) < 4.78 is 5.60. The molecule has 1 aliphatic rings. The minimum Gasteiger partial charge on any atom is -0.483 e. The van der Waals surface area contributed by atoms with E-state index in [0.717, 1.165) is 36.0 Å². The van der Waals surface area contributed by atoms with Gasteiger partial charge < -0.3 is 10.1 Å². The summed E-state index contributed by atoms with van der Waals surface area (Å²) in [5, 5.41) is 16.1. The molecule has 1 heterocycles. The van der Waals surface area contributed by atoms with E-state index >= 15 is 0 Å². The fraction of sp³-hybridized carbons (Fsp3) is 0.381. The fourth-order valence-corrected chi connectivity index (χ4v) is 4.91. The normalized spacial score (nSPS) is 15.3. The highest BCUT2D eigenvalue weighted by molar-refractivity contribution is 7.80. The van der Waals surface area contributed by atoms with Crippen LogP contribution in [0.1, 0.15) is 40.5 Å². The van der Waals surface area contributed by atoms with Gasteiger partial charge in [0.15, 0.2) is 11.7 Å². The summed E-state index contributed by atoms with van der Waals surface area (Å²) >= 11 is 6.82. The van der Waals surface area contributed by atoms with Gasteiger partial charge in [-0.1, -0.05) is 19.1 Å². The number of fused-ring (bicyclic) bond motifs is 1. The van der Waals surface area contributed by atoms with Crippen molar-refractivity contribution in [3.05, 3.63) is 45.3 Å². The number of amides is 1. The number of ether oxygens (including phenoxy) is 1. The Kier molecular flexibility index (Phi) is 6.32. The first-order chi connectivity index (χ1) is 13.4. The Labute approximate surface area is 174 Å². The zero-order valence-electron chi connectivity index (χ0n) is 16.2. The van der Waals surface area contributed by atoms with Crippen molar-refractivity contribution in [2.75, 3.05) is 11.9 Å². The summed E-state index contributed by atoms with van der Waals surface area (Å²) in [7, 11) is 0. The van der Waals surface area contributed by atoms with Gasteiger partial charge in [0.05, 0.1) is 5.56 Å². The number of rotatable bonds is 4. The molecule has 2 N–H and O–H groups in total. The molecule has 0 aliphatic heterocycles. The van der Waals surface area contributed by atoms with Crippen LogP contribution in [0.5, 0.6) is 5.75 Å². The summed E-state index contributed by atoms with van der Waals surface area (Å²) in [5.41, 5.74) is 3.81. The van der Waals surface area contributed by atoms with Gasteiger partial charge in [0.2, 0.25) is 0 Å². The molecular weight excluding hydrogens is 390 g/mol. The van der Waals surface area contributed by atoms with Gasteiger partial charge in [0, 0.05) is 4.88 Å². The Balaban J connectivity index is 1.59. The van der Waals surface area contributed by atoms with Crippen molar-refractivity contribution in [2.45, 2.75) is 40.0 Å². The van der Waals surface area contributed by atoms with Crippen LogP contribution in [0.25, 0.3) is 0 Å². The number of aryl methyl sites for hydroxylation is 2. The predicted molar refractivity (Wildman–Crippen MR) is 116 cm³/mol. The monoisotopic (exact) mass is 413 g/mol. The van der Waals surface area contributed by atoms with Crippen molar-refractivity contribution in [1.82, 2.24) is 5.32 Å². The molecule has 3 rings (SSSR count). The van der Waals surface area contributed by atoms with Gasteiger partial charge in [0.25, 0.3) is 5.91 Å². The van der Waals surface area contributed by atoms with Crippen LogP contribution in [-0.2, 0) is 17.6 Å². The smallest absolute Gasteiger partial charge is 0.264 e. The predicted octanol–water partition coefficient (Wildman–Crippen LogP) is 4.25. The number of hydrogen-bond acceptors (Lipinski definition) is 5. The highest BCUT2D eigenvalue weighted by Gasteiger charge is 2.24. The van der Waals surface area contributed by atoms with Gasteiger partial charge in [-0.25, -0.2) is 0 Å².